The van der Waals surface area contributed by atoms with Crippen molar-refractivity contribution in [2.75, 3.05) is 5.32 Å². The highest BCUT2D eigenvalue weighted by atomic mass is 35.5. The predicted octanol–water partition coefficient (Wildman–Crippen LogP) is 5.22. The molecule has 0 aliphatic carbocycles. The van der Waals surface area contributed by atoms with E-state index in [1.54, 1.807) is 6.07 Å². The summed E-state index contributed by atoms with van der Waals surface area (Å²) < 4.78 is 0. The standard InChI is InChI=1S/C15H15Cl2N/c1-10-3-4-12(11(2)7-10)9-18-13-5-6-14(16)15(17)8-13/h3-8,18H,9H2,1-2H3. The molecule has 1 N–H and O–H groups in total. The van der Waals surface area contributed by atoms with Crippen molar-refractivity contribution in [2.45, 2.75) is 20.4 Å². The van der Waals surface area contributed by atoms with Crippen LogP contribution in [0.25, 0.3) is 0 Å². The van der Waals surface area contributed by atoms with E-state index in [4.69, 9.17) is 23.2 Å². The largest absolute Gasteiger partial charge is 0.381 e. The Morgan fingerprint density at radius 3 is 2.39 bits per heavy atom. The first-order valence-electron chi connectivity index (χ1n) is 5.81. The van der Waals surface area contributed by atoms with Crippen LogP contribution in [0.3, 0.4) is 0 Å². The lowest BCUT2D eigenvalue weighted by Crippen LogP contribution is -2.01. The number of rotatable bonds is 3. The molecule has 2 rings (SSSR count). The lowest BCUT2D eigenvalue weighted by Gasteiger charge is -2.10. The van der Waals surface area contributed by atoms with Crippen molar-refractivity contribution in [3.05, 3.63) is 63.1 Å². The molecule has 3 heteroatoms. The second-order valence-corrected chi connectivity index (χ2v) is 5.23. The summed E-state index contributed by atoms with van der Waals surface area (Å²) in [5.74, 6) is 0. The van der Waals surface area contributed by atoms with Gasteiger partial charge in [-0.25, -0.2) is 0 Å². The topological polar surface area (TPSA) is 12.0 Å². The maximum Gasteiger partial charge on any atom is 0.0612 e. The summed E-state index contributed by atoms with van der Waals surface area (Å²) in [6.45, 7) is 5.01. The third-order valence-electron chi connectivity index (χ3n) is 2.90. The highest BCUT2D eigenvalue weighted by molar-refractivity contribution is 6.42. The van der Waals surface area contributed by atoms with Gasteiger partial charge in [-0.05, 0) is 43.2 Å². The monoisotopic (exact) mass is 279 g/mol. The van der Waals surface area contributed by atoms with Gasteiger partial charge in [0.15, 0.2) is 0 Å². The first-order chi connectivity index (χ1) is 8.56. The summed E-state index contributed by atoms with van der Waals surface area (Å²) in [6.07, 6.45) is 0. The van der Waals surface area contributed by atoms with Crippen molar-refractivity contribution in [2.24, 2.45) is 0 Å². The third kappa shape index (κ3) is 3.18. The van der Waals surface area contributed by atoms with Crippen LogP contribution < -0.4 is 5.32 Å². The van der Waals surface area contributed by atoms with Crippen molar-refractivity contribution in [3.63, 3.8) is 0 Å². The molecule has 18 heavy (non-hydrogen) atoms. The van der Waals surface area contributed by atoms with Crippen LogP contribution in [0, 0.1) is 13.8 Å². The smallest absolute Gasteiger partial charge is 0.0612 e. The van der Waals surface area contributed by atoms with E-state index in [0.29, 0.717) is 10.0 Å². The average Bonchev–Trinajstić information content (AvgIpc) is 2.32. The molecule has 0 bridgehead atoms. The van der Waals surface area contributed by atoms with Crippen LogP contribution in [0.4, 0.5) is 5.69 Å². The van der Waals surface area contributed by atoms with Crippen molar-refractivity contribution in [3.8, 4) is 0 Å². The third-order valence-corrected chi connectivity index (χ3v) is 3.64. The molecule has 0 aliphatic rings. The summed E-state index contributed by atoms with van der Waals surface area (Å²) in [6, 6.07) is 12.0. The van der Waals surface area contributed by atoms with Crippen LogP contribution in [0.1, 0.15) is 16.7 Å². The van der Waals surface area contributed by atoms with Gasteiger partial charge in [0.25, 0.3) is 0 Å². The molecule has 94 valence electrons. The SMILES string of the molecule is Cc1ccc(CNc2ccc(Cl)c(Cl)c2)c(C)c1. The Balaban J connectivity index is 2.09. The van der Waals surface area contributed by atoms with Crippen LogP contribution in [0.5, 0.6) is 0 Å². The molecule has 0 amide bonds. The number of nitrogens with one attached hydrogen (secondary N) is 1. The lowest BCUT2D eigenvalue weighted by atomic mass is 10.1. The van der Waals surface area contributed by atoms with Gasteiger partial charge in [-0.15, -0.1) is 0 Å². The Morgan fingerprint density at radius 1 is 0.944 bits per heavy atom. The molecular weight excluding hydrogens is 265 g/mol. The second kappa shape index (κ2) is 5.64. The van der Waals surface area contributed by atoms with Gasteiger partial charge in [0, 0.05) is 12.2 Å². The summed E-state index contributed by atoms with van der Waals surface area (Å²) in [5, 5.41) is 4.50. The minimum atomic E-state index is 0.572. The normalized spacial score (nSPS) is 10.4. The van der Waals surface area contributed by atoms with Gasteiger partial charge in [0.2, 0.25) is 0 Å². The van der Waals surface area contributed by atoms with Crippen molar-refractivity contribution in [1.82, 2.24) is 0 Å². The molecule has 2 aromatic rings. The highest BCUT2D eigenvalue weighted by Crippen LogP contribution is 2.25. The summed E-state index contributed by atoms with van der Waals surface area (Å²) >= 11 is 11.9. The maximum atomic E-state index is 5.98. The summed E-state index contributed by atoms with van der Waals surface area (Å²) in [7, 11) is 0. The molecule has 0 spiro atoms. The fourth-order valence-electron chi connectivity index (χ4n) is 1.85. The van der Waals surface area contributed by atoms with Crippen LogP contribution in [0.2, 0.25) is 10.0 Å². The van der Waals surface area contributed by atoms with Crippen LogP contribution in [-0.4, -0.2) is 0 Å². The molecule has 0 heterocycles. The quantitative estimate of drug-likeness (QED) is 0.812. The fraction of sp³-hybridized carbons (Fsp3) is 0.200. The molecule has 0 aromatic heterocycles. The Kier molecular flexibility index (Phi) is 4.15. The van der Waals surface area contributed by atoms with Crippen LogP contribution in [0.15, 0.2) is 36.4 Å². The van der Waals surface area contributed by atoms with Gasteiger partial charge in [0.1, 0.15) is 0 Å². The van der Waals surface area contributed by atoms with Gasteiger partial charge in [-0.1, -0.05) is 47.0 Å². The maximum absolute atomic E-state index is 5.98. The molecule has 0 atom stereocenters. The molecule has 0 saturated heterocycles. The molecule has 0 fully saturated rings. The van der Waals surface area contributed by atoms with E-state index in [1.807, 2.05) is 12.1 Å². The zero-order chi connectivity index (χ0) is 13.1. The van der Waals surface area contributed by atoms with E-state index < -0.39 is 0 Å². The average molecular weight is 280 g/mol. The summed E-state index contributed by atoms with van der Waals surface area (Å²) in [5.41, 5.74) is 4.84. The molecule has 1 nitrogen and oxygen atoms in total. The molecular formula is C15H15Cl2N. The van der Waals surface area contributed by atoms with Gasteiger partial charge in [-0.2, -0.15) is 0 Å². The number of aryl methyl sites for hydroxylation is 2. The number of benzene rings is 2. The first-order valence-corrected chi connectivity index (χ1v) is 6.57. The Hall–Kier alpha value is -1.18. The molecule has 0 saturated carbocycles. The van der Waals surface area contributed by atoms with E-state index in [2.05, 4.69) is 37.4 Å². The summed E-state index contributed by atoms with van der Waals surface area (Å²) in [4.78, 5) is 0. The predicted molar refractivity (Wildman–Crippen MR) is 79.7 cm³/mol. The van der Waals surface area contributed by atoms with Crippen molar-refractivity contribution >= 4 is 28.9 Å². The molecule has 0 aliphatic heterocycles. The zero-order valence-corrected chi connectivity index (χ0v) is 11.9. The molecule has 2 aromatic carbocycles. The van der Waals surface area contributed by atoms with Gasteiger partial charge in [-0.3, -0.25) is 0 Å². The van der Waals surface area contributed by atoms with Crippen LogP contribution >= 0.6 is 23.2 Å². The van der Waals surface area contributed by atoms with E-state index in [1.165, 1.54) is 16.7 Å². The number of hydrogen-bond acceptors (Lipinski definition) is 1. The van der Waals surface area contributed by atoms with E-state index in [-0.39, 0.29) is 0 Å². The molecule has 0 unspecified atom stereocenters. The second-order valence-electron chi connectivity index (χ2n) is 4.41. The van der Waals surface area contributed by atoms with Crippen molar-refractivity contribution in [1.29, 1.82) is 0 Å². The van der Waals surface area contributed by atoms with Gasteiger partial charge in [0.05, 0.1) is 10.0 Å². The number of halogens is 2. The molecule has 0 radical (unpaired) electrons. The van der Waals surface area contributed by atoms with E-state index in [9.17, 15) is 0 Å². The lowest BCUT2D eigenvalue weighted by molar-refractivity contribution is 1.11. The minimum Gasteiger partial charge on any atom is -0.381 e. The number of anilines is 1. The minimum absolute atomic E-state index is 0.572. The first kappa shape index (κ1) is 13.3. The zero-order valence-electron chi connectivity index (χ0n) is 10.4. The number of hydrogen-bond donors (Lipinski definition) is 1. The van der Waals surface area contributed by atoms with Crippen LogP contribution in [-0.2, 0) is 6.54 Å². The highest BCUT2D eigenvalue weighted by Gasteiger charge is 2.01. The Morgan fingerprint density at radius 2 is 1.72 bits per heavy atom. The van der Waals surface area contributed by atoms with E-state index >= 15 is 0 Å². The van der Waals surface area contributed by atoms with Gasteiger partial charge >= 0.3 is 0 Å². The van der Waals surface area contributed by atoms with Crippen molar-refractivity contribution < 1.29 is 0 Å². The Labute approximate surface area is 118 Å². The van der Waals surface area contributed by atoms with Gasteiger partial charge < -0.3 is 5.32 Å². The Bertz CT molecular complexity index is 564. The fourth-order valence-corrected chi connectivity index (χ4v) is 2.15. The van der Waals surface area contributed by atoms with E-state index in [0.717, 1.165) is 12.2 Å².